The normalized spacial score (nSPS) is 13.2. The molecule has 16 heteroatoms. The molecule has 0 aliphatic carbocycles. The molecule has 14 nitrogen and oxygen atoms in total. The standard InChI is InChI=1S/C16H32O6.2C6H13O4.2Rf/c1-19-13-15(17)7-11-21-9-5-3-4-6-10-22-12-8-16(18)14-20-2;2*1-9-4-6(8)5-10-3-2-7;;/h15-18H,1-14H2;2*6-8H,1-5H2;;/q-2;2*-1;;. The van der Waals surface area contributed by atoms with Crippen LogP contribution in [0.3, 0.4) is 0 Å². The number of aliphatic hydroxyl groups is 6. The zero-order chi connectivity index (χ0) is 32.1. The van der Waals surface area contributed by atoms with Gasteiger partial charge in [0.25, 0.3) is 0 Å². The van der Waals surface area contributed by atoms with E-state index in [1.165, 1.54) is 0 Å². The Labute approximate surface area is 252 Å². The molecule has 0 rings (SSSR count). The first kappa shape index (κ1) is 51.0. The Bertz CT molecular complexity index is 436. The summed E-state index contributed by atoms with van der Waals surface area (Å²) in [5, 5.41) is 53.1. The van der Waals surface area contributed by atoms with Gasteiger partial charge in [-0.25, -0.2) is 28.4 Å². The number of aliphatic hydroxyl groups excluding tert-OH is 6. The molecule has 0 aliphatic heterocycles. The van der Waals surface area contributed by atoms with Gasteiger partial charge in [-0.05, 0) is 25.7 Å². The summed E-state index contributed by atoms with van der Waals surface area (Å²) in [4.78, 5) is 0. The average Bonchev–Trinajstić information content (AvgIpc) is 2.95. The van der Waals surface area contributed by atoms with Crippen LogP contribution in [0.15, 0.2) is 0 Å². The van der Waals surface area contributed by atoms with Gasteiger partial charge in [0, 0.05) is 52.9 Å². The van der Waals surface area contributed by atoms with E-state index in [0.717, 1.165) is 38.9 Å². The Balaban J connectivity index is -0.000000193. The van der Waals surface area contributed by atoms with E-state index < -0.39 is 24.4 Å². The van der Waals surface area contributed by atoms with Crippen molar-refractivity contribution in [1.82, 2.24) is 0 Å². The zero-order valence-corrected chi connectivity index (χ0v) is 39.4. The summed E-state index contributed by atoms with van der Waals surface area (Å²) in [6, 6.07) is 0. The smallest absolute Gasteiger partial charge is 0.0976 e. The van der Waals surface area contributed by atoms with Crippen molar-refractivity contribution in [2.24, 2.45) is 0 Å². The molecule has 0 bridgehead atoms. The van der Waals surface area contributed by atoms with Gasteiger partial charge in [-0.3, -0.25) is 0 Å². The van der Waals surface area contributed by atoms with Crippen molar-refractivity contribution < 1.29 is 68.5 Å². The first-order valence-corrected chi connectivity index (χ1v) is 14.1. The van der Waals surface area contributed by atoms with Crippen molar-refractivity contribution in [3.05, 3.63) is 28.4 Å². The average molecular weight is 1150 g/mol. The van der Waals surface area contributed by atoms with E-state index in [2.05, 4.69) is 47.4 Å². The van der Waals surface area contributed by atoms with E-state index in [4.69, 9.17) is 39.4 Å². The van der Waals surface area contributed by atoms with Gasteiger partial charge in [0.2, 0.25) is 0 Å². The molecule has 4 atom stereocenters. The van der Waals surface area contributed by atoms with Crippen molar-refractivity contribution in [2.75, 3.05) is 92.5 Å². The quantitative estimate of drug-likeness (QED) is 0.0434. The topological polar surface area (TPSA) is 195 Å². The van der Waals surface area contributed by atoms with E-state index in [-0.39, 0.29) is 66.1 Å². The maximum absolute atomic E-state index is 9.37. The minimum atomic E-state index is -0.649. The van der Waals surface area contributed by atoms with Crippen LogP contribution >= 0.6 is 0 Å². The van der Waals surface area contributed by atoms with Crippen molar-refractivity contribution in [3.8, 4) is 0 Å². The second-order valence-corrected chi connectivity index (χ2v) is 8.91. The molecule has 0 aromatic heterocycles. The van der Waals surface area contributed by atoms with Crippen LogP contribution in [0.25, 0.3) is 0 Å². The molecular weight excluding hydrogens is 1090 g/mol. The minimum absolute atomic E-state index is 0. The van der Waals surface area contributed by atoms with Crippen LogP contribution in [0.2, 0.25) is 0 Å². The molecule has 0 heterocycles. The fourth-order valence-electron chi connectivity index (χ4n) is 2.78. The summed E-state index contributed by atoms with van der Waals surface area (Å²) in [7, 11) is 12.6. The molecule has 4 unspecified atom stereocenters. The fraction of sp³-hybridized carbons (Fsp3) is 0.857. The molecular formula is C28H58O14Rf2-4. The minimum Gasteiger partial charge on any atom is -0.553 e. The third-order valence-corrected chi connectivity index (χ3v) is 4.85. The Morgan fingerprint density at radius 2 is 0.705 bits per heavy atom. The summed E-state index contributed by atoms with van der Waals surface area (Å²) in [5.41, 5.74) is 0. The van der Waals surface area contributed by atoms with Crippen molar-refractivity contribution in [2.45, 2.75) is 62.9 Å². The molecule has 0 aromatic rings. The molecule has 0 aliphatic rings. The zero-order valence-electron chi connectivity index (χ0n) is 26.6. The van der Waals surface area contributed by atoms with Crippen LogP contribution in [0.1, 0.15) is 38.5 Å². The van der Waals surface area contributed by atoms with Gasteiger partial charge in [0.05, 0.1) is 64.1 Å². The first-order valence-electron chi connectivity index (χ1n) is 14.1. The van der Waals surface area contributed by atoms with Gasteiger partial charge in [0.15, 0.2) is 0 Å². The third-order valence-electron chi connectivity index (χ3n) is 4.85. The van der Waals surface area contributed by atoms with Gasteiger partial charge in [0.1, 0.15) is 0 Å². The summed E-state index contributed by atoms with van der Waals surface area (Å²) < 4.78 is 38.4. The Kier molecular flexibility index (Phi) is 52.1. The molecule has 44 heavy (non-hydrogen) atoms. The summed E-state index contributed by atoms with van der Waals surface area (Å²) in [5.74, 6) is 0. The number of hydrogen-bond acceptors (Lipinski definition) is 14. The Hall–Kier alpha value is -2.56. The third kappa shape index (κ3) is 49.1. The molecule has 0 saturated heterocycles. The number of rotatable bonds is 29. The van der Waals surface area contributed by atoms with Crippen molar-refractivity contribution in [3.63, 3.8) is 0 Å². The van der Waals surface area contributed by atoms with Crippen LogP contribution in [0.5, 0.6) is 0 Å². The monoisotopic (exact) mass is 1150 g/mol. The van der Waals surface area contributed by atoms with Crippen LogP contribution < -0.4 is 0 Å². The first-order chi connectivity index (χ1) is 20.3. The SMILES string of the molecule is [CH2-]OCC(O)CCOCCCCCCOCCC(O)CO[CH2-].[CH2-]OCC(O)COCCO.[CH2-]OCC(O)COCCO.[Rf].[Rf]. The van der Waals surface area contributed by atoms with Gasteiger partial charge < -0.3 is 68.5 Å². The molecule has 0 saturated carbocycles. The maximum atomic E-state index is 9.37. The summed E-state index contributed by atoms with van der Waals surface area (Å²) in [6.45, 7) is 4.14. The van der Waals surface area contributed by atoms with Crippen LogP contribution in [-0.4, -0.2) is 148 Å². The summed E-state index contributed by atoms with van der Waals surface area (Å²) in [6.07, 6.45) is 3.11. The van der Waals surface area contributed by atoms with E-state index in [0.29, 0.717) is 26.1 Å². The van der Waals surface area contributed by atoms with Crippen LogP contribution in [0, 0.1) is 28.4 Å². The molecule has 262 valence electrons. The summed E-state index contributed by atoms with van der Waals surface area (Å²) >= 11 is 0. The predicted molar refractivity (Wildman–Crippen MR) is 154 cm³/mol. The van der Waals surface area contributed by atoms with Gasteiger partial charge >= 0.3 is 0 Å². The van der Waals surface area contributed by atoms with E-state index in [9.17, 15) is 10.2 Å². The van der Waals surface area contributed by atoms with Gasteiger partial charge in [-0.15, -0.1) is 0 Å². The second kappa shape index (κ2) is 44.9. The number of ether oxygens (including phenoxy) is 8. The molecule has 0 radical (unpaired) electrons. The molecule has 0 amide bonds. The van der Waals surface area contributed by atoms with Gasteiger partial charge in [-0.2, -0.15) is 0 Å². The molecule has 6 N–H and O–H groups in total. The van der Waals surface area contributed by atoms with E-state index >= 15 is 0 Å². The van der Waals surface area contributed by atoms with E-state index in [1.54, 1.807) is 0 Å². The van der Waals surface area contributed by atoms with Crippen LogP contribution in [0.4, 0.5) is 0 Å². The molecule has 0 aromatic carbocycles. The fourth-order valence-corrected chi connectivity index (χ4v) is 2.78. The number of unbranched alkanes of at least 4 members (excludes halogenated alkanes) is 3. The van der Waals surface area contributed by atoms with Crippen molar-refractivity contribution >= 4 is 0 Å². The Morgan fingerprint density at radius 3 is 1.00 bits per heavy atom. The van der Waals surface area contributed by atoms with Crippen LogP contribution in [-0.2, 0) is 37.9 Å². The van der Waals surface area contributed by atoms with Gasteiger partial charge in [-0.1, -0.05) is 12.8 Å². The molecule has 0 spiro atoms. The maximum Gasteiger partial charge on any atom is 0.0976 e. The van der Waals surface area contributed by atoms with E-state index in [1.807, 2.05) is 0 Å². The number of hydrogen-bond donors (Lipinski definition) is 6. The molecule has 0 fully saturated rings. The largest absolute Gasteiger partial charge is 0.553 e. The predicted octanol–water partition coefficient (Wildman–Crippen LogP) is 0.0272. The Morgan fingerprint density at radius 1 is 0.386 bits per heavy atom. The second-order valence-electron chi connectivity index (χ2n) is 8.91. The van der Waals surface area contributed by atoms with Crippen molar-refractivity contribution in [1.29, 1.82) is 0 Å².